The Bertz CT molecular complexity index is 547. The first kappa shape index (κ1) is 29.3. The second-order valence-corrected chi connectivity index (χ2v) is 8.73. The van der Waals surface area contributed by atoms with Gasteiger partial charge in [0.15, 0.2) is 0 Å². The third-order valence-corrected chi connectivity index (χ3v) is 5.81. The number of imide groups is 1. The zero-order valence-electron chi connectivity index (χ0n) is 20.8. The fraction of sp³-hybridized carbons (Fsp3) is 0.808. The molecule has 0 aromatic heterocycles. The summed E-state index contributed by atoms with van der Waals surface area (Å²) in [6, 6.07) is 0. The van der Waals surface area contributed by atoms with Crippen LogP contribution in [0.2, 0.25) is 0 Å². The van der Waals surface area contributed by atoms with Crippen molar-refractivity contribution in [2.24, 2.45) is 0 Å². The van der Waals surface area contributed by atoms with Crippen LogP contribution in [0.3, 0.4) is 0 Å². The molecule has 33 heavy (non-hydrogen) atoms. The number of rotatable bonds is 23. The predicted molar refractivity (Wildman–Crippen MR) is 131 cm³/mol. The third-order valence-electron chi connectivity index (χ3n) is 5.81. The smallest absolute Gasteiger partial charge is 0.253 e. The number of nitrogens with zero attached hydrogens (tertiary/aromatic N) is 1. The van der Waals surface area contributed by atoms with Crippen molar-refractivity contribution >= 4 is 17.7 Å². The normalized spacial score (nSPS) is 13.3. The number of carbonyl (C=O) groups excluding carboxylic acids is 3. The molecule has 0 spiro atoms. The van der Waals surface area contributed by atoms with Crippen molar-refractivity contribution in [2.75, 3.05) is 39.5 Å². The van der Waals surface area contributed by atoms with Gasteiger partial charge in [0.25, 0.3) is 11.8 Å². The van der Waals surface area contributed by atoms with Crippen molar-refractivity contribution in [3.63, 3.8) is 0 Å². The van der Waals surface area contributed by atoms with Crippen molar-refractivity contribution in [3.05, 3.63) is 12.2 Å². The first-order chi connectivity index (χ1) is 16.1. The molecule has 7 nitrogen and oxygen atoms in total. The van der Waals surface area contributed by atoms with Crippen LogP contribution in [0.4, 0.5) is 0 Å². The average Bonchev–Trinajstić information content (AvgIpc) is 3.13. The van der Waals surface area contributed by atoms with E-state index in [0.717, 1.165) is 17.7 Å². The van der Waals surface area contributed by atoms with Crippen LogP contribution < -0.4 is 5.32 Å². The van der Waals surface area contributed by atoms with Gasteiger partial charge in [0.1, 0.15) is 0 Å². The first-order valence-corrected chi connectivity index (χ1v) is 13.1. The van der Waals surface area contributed by atoms with E-state index in [9.17, 15) is 14.4 Å². The summed E-state index contributed by atoms with van der Waals surface area (Å²) in [6.45, 7) is 4.54. The van der Waals surface area contributed by atoms with Crippen LogP contribution in [-0.4, -0.2) is 62.1 Å². The van der Waals surface area contributed by atoms with Crippen LogP contribution in [0.25, 0.3) is 0 Å². The standard InChI is InChI=1S/C26H46N2O5/c1-2-3-4-5-6-7-8-9-10-11-12-13-14-15-24(29)27-18-20-32-22-23-33-21-19-28-25(30)16-17-26(28)31/h16-17H,2-15,18-23H2,1H3,(H,27,29). The van der Waals surface area contributed by atoms with E-state index in [1.165, 1.54) is 82.8 Å². The summed E-state index contributed by atoms with van der Waals surface area (Å²) < 4.78 is 10.8. The molecule has 0 unspecified atom stereocenters. The summed E-state index contributed by atoms with van der Waals surface area (Å²) in [5.74, 6) is -0.504. The lowest BCUT2D eigenvalue weighted by atomic mass is 10.0. The molecule has 3 amide bonds. The molecule has 0 radical (unpaired) electrons. The molecule has 0 saturated heterocycles. The first-order valence-electron chi connectivity index (χ1n) is 13.1. The van der Waals surface area contributed by atoms with E-state index < -0.39 is 0 Å². The maximum atomic E-state index is 11.8. The highest BCUT2D eigenvalue weighted by molar-refractivity contribution is 6.12. The van der Waals surface area contributed by atoms with E-state index in [0.29, 0.717) is 39.4 Å². The minimum atomic E-state index is -0.297. The molecule has 1 rings (SSSR count). The van der Waals surface area contributed by atoms with E-state index in [-0.39, 0.29) is 24.3 Å². The molecule has 0 bridgehead atoms. The van der Waals surface area contributed by atoms with E-state index in [1.807, 2.05) is 0 Å². The van der Waals surface area contributed by atoms with Gasteiger partial charge in [0.05, 0.1) is 33.0 Å². The number of carbonyl (C=O) groups is 3. The monoisotopic (exact) mass is 466 g/mol. The second kappa shape index (κ2) is 20.8. The maximum absolute atomic E-state index is 11.8. The molecule has 1 N–H and O–H groups in total. The molecule has 1 aliphatic rings. The Labute approximate surface area is 200 Å². The minimum absolute atomic E-state index is 0.0893. The van der Waals surface area contributed by atoms with Crippen molar-refractivity contribution in [1.29, 1.82) is 0 Å². The highest BCUT2D eigenvalue weighted by atomic mass is 16.5. The Hall–Kier alpha value is -1.73. The summed E-state index contributed by atoms with van der Waals surface area (Å²) in [6.07, 6.45) is 20.1. The zero-order chi connectivity index (χ0) is 24.0. The van der Waals surface area contributed by atoms with Crippen LogP contribution in [-0.2, 0) is 23.9 Å². The minimum Gasteiger partial charge on any atom is -0.377 e. The Balaban J connectivity index is 1.75. The molecule has 0 aromatic carbocycles. The van der Waals surface area contributed by atoms with Crippen LogP contribution >= 0.6 is 0 Å². The number of amides is 3. The summed E-state index contributed by atoms with van der Waals surface area (Å²) >= 11 is 0. The van der Waals surface area contributed by atoms with Gasteiger partial charge in [-0.2, -0.15) is 0 Å². The Morgan fingerprint density at radius 3 is 1.76 bits per heavy atom. The molecule has 1 heterocycles. The molecule has 0 aromatic rings. The molecule has 190 valence electrons. The molecular formula is C26H46N2O5. The van der Waals surface area contributed by atoms with Crippen molar-refractivity contribution in [3.8, 4) is 0 Å². The lowest BCUT2D eigenvalue weighted by Gasteiger charge is -2.13. The van der Waals surface area contributed by atoms with Crippen LogP contribution in [0.1, 0.15) is 96.8 Å². The number of hydrogen-bond donors (Lipinski definition) is 1. The fourth-order valence-corrected chi connectivity index (χ4v) is 3.78. The molecule has 1 aliphatic heterocycles. The number of nitrogens with one attached hydrogen (secondary N) is 1. The molecular weight excluding hydrogens is 420 g/mol. The predicted octanol–water partition coefficient (Wildman–Crippen LogP) is 4.54. The molecule has 0 atom stereocenters. The van der Waals surface area contributed by atoms with Gasteiger partial charge in [0, 0.05) is 25.1 Å². The summed E-state index contributed by atoms with van der Waals surface area (Å²) in [4.78, 5) is 35.7. The van der Waals surface area contributed by atoms with Gasteiger partial charge < -0.3 is 14.8 Å². The highest BCUT2D eigenvalue weighted by Gasteiger charge is 2.22. The van der Waals surface area contributed by atoms with Gasteiger partial charge in [-0.05, 0) is 6.42 Å². The SMILES string of the molecule is CCCCCCCCCCCCCCCC(=O)NCCOCCOCCN1C(=O)C=CC1=O. The maximum Gasteiger partial charge on any atom is 0.253 e. The average molecular weight is 467 g/mol. The number of unbranched alkanes of at least 4 members (excludes halogenated alkanes) is 12. The van der Waals surface area contributed by atoms with Gasteiger partial charge >= 0.3 is 0 Å². The molecule has 0 saturated carbocycles. The number of ether oxygens (including phenoxy) is 2. The van der Waals surface area contributed by atoms with Crippen molar-refractivity contribution < 1.29 is 23.9 Å². The Morgan fingerprint density at radius 2 is 1.21 bits per heavy atom. The second-order valence-electron chi connectivity index (χ2n) is 8.73. The summed E-state index contributed by atoms with van der Waals surface area (Å²) in [5.41, 5.74) is 0. The zero-order valence-corrected chi connectivity index (χ0v) is 20.8. The van der Waals surface area contributed by atoms with Crippen LogP contribution in [0, 0.1) is 0 Å². The largest absolute Gasteiger partial charge is 0.377 e. The van der Waals surface area contributed by atoms with E-state index >= 15 is 0 Å². The fourth-order valence-electron chi connectivity index (χ4n) is 3.78. The van der Waals surface area contributed by atoms with Gasteiger partial charge in [-0.1, -0.05) is 84.0 Å². The topological polar surface area (TPSA) is 84.9 Å². The Morgan fingerprint density at radius 1 is 0.727 bits per heavy atom. The van der Waals surface area contributed by atoms with E-state index in [2.05, 4.69) is 12.2 Å². The number of hydrogen-bond acceptors (Lipinski definition) is 5. The molecule has 0 fully saturated rings. The molecule has 7 heteroatoms. The lowest BCUT2D eigenvalue weighted by Crippen LogP contribution is -2.33. The van der Waals surface area contributed by atoms with Gasteiger partial charge in [-0.15, -0.1) is 0 Å². The van der Waals surface area contributed by atoms with E-state index in [4.69, 9.17) is 9.47 Å². The van der Waals surface area contributed by atoms with Crippen molar-refractivity contribution in [1.82, 2.24) is 10.2 Å². The van der Waals surface area contributed by atoms with Gasteiger partial charge in [-0.25, -0.2) is 0 Å². The van der Waals surface area contributed by atoms with Crippen molar-refractivity contribution in [2.45, 2.75) is 96.8 Å². The van der Waals surface area contributed by atoms with E-state index in [1.54, 1.807) is 0 Å². The summed E-state index contributed by atoms with van der Waals surface area (Å²) in [7, 11) is 0. The molecule has 0 aliphatic carbocycles. The lowest BCUT2D eigenvalue weighted by molar-refractivity contribution is -0.137. The highest BCUT2D eigenvalue weighted by Crippen LogP contribution is 2.12. The summed E-state index contributed by atoms with van der Waals surface area (Å²) in [5, 5.41) is 2.88. The van der Waals surface area contributed by atoms with Crippen LogP contribution in [0.15, 0.2) is 12.2 Å². The van der Waals surface area contributed by atoms with Gasteiger partial charge in [-0.3, -0.25) is 19.3 Å². The third kappa shape index (κ3) is 16.5. The quantitative estimate of drug-likeness (QED) is 0.176. The van der Waals surface area contributed by atoms with Gasteiger partial charge in [0.2, 0.25) is 5.91 Å². The van der Waals surface area contributed by atoms with Crippen LogP contribution in [0.5, 0.6) is 0 Å². The Kier molecular flexibility index (Phi) is 18.5.